The summed E-state index contributed by atoms with van der Waals surface area (Å²) in [6.07, 6.45) is 3.98. The lowest BCUT2D eigenvalue weighted by molar-refractivity contribution is -0.116. The number of halogens is 3. The van der Waals surface area contributed by atoms with Crippen molar-refractivity contribution in [2.45, 2.75) is 37.5 Å². The van der Waals surface area contributed by atoms with E-state index in [0.29, 0.717) is 32.0 Å². The van der Waals surface area contributed by atoms with Crippen LogP contribution in [-0.4, -0.2) is 28.4 Å². The Labute approximate surface area is 235 Å². The highest BCUT2D eigenvalue weighted by Crippen LogP contribution is 2.61. The minimum absolute atomic E-state index is 0.0218. The van der Waals surface area contributed by atoms with Gasteiger partial charge >= 0.3 is 5.97 Å². The molecule has 38 heavy (non-hydrogen) atoms. The lowest BCUT2D eigenvalue weighted by atomic mass is 9.92. The number of hydrogen-bond donors (Lipinski definition) is 2. The second-order valence-electron chi connectivity index (χ2n) is 10.0. The topological polar surface area (TPSA) is 103 Å². The average Bonchev–Trinajstić information content (AvgIpc) is 3.80. The van der Waals surface area contributed by atoms with Gasteiger partial charge in [0.1, 0.15) is 18.1 Å². The van der Waals surface area contributed by atoms with Gasteiger partial charge < -0.3 is 15.6 Å². The van der Waals surface area contributed by atoms with Crippen molar-refractivity contribution in [1.82, 2.24) is 4.98 Å². The van der Waals surface area contributed by atoms with Crippen LogP contribution in [-0.2, 0) is 10.2 Å². The highest BCUT2D eigenvalue weighted by Gasteiger charge is 2.53. The van der Waals surface area contributed by atoms with Crippen molar-refractivity contribution >= 4 is 52.3 Å². The van der Waals surface area contributed by atoms with Crippen LogP contribution in [0.1, 0.15) is 59.3 Å². The normalized spacial score (nSPS) is 21.0. The maximum absolute atomic E-state index is 13.1. The number of rotatable bonds is 9. The number of ketones is 1. The van der Waals surface area contributed by atoms with Crippen LogP contribution in [0.25, 0.3) is 5.70 Å². The van der Waals surface area contributed by atoms with E-state index in [9.17, 15) is 14.7 Å². The number of hydrogen-bond acceptors (Lipinski definition) is 5. The van der Waals surface area contributed by atoms with E-state index in [1.165, 1.54) is 6.20 Å². The molecule has 9 heteroatoms. The summed E-state index contributed by atoms with van der Waals surface area (Å²) in [4.78, 5) is 28.3. The molecular weight excluding hydrogens is 547 g/mol. The molecule has 3 N–H and O–H groups in total. The predicted molar refractivity (Wildman–Crippen MR) is 148 cm³/mol. The monoisotopic (exact) mass is 570 g/mol. The molecule has 3 aromatic rings. The number of nitrogens with two attached hydrogens (primary N) is 1. The summed E-state index contributed by atoms with van der Waals surface area (Å²) >= 11 is 19.4. The molecule has 0 bridgehead atoms. The van der Waals surface area contributed by atoms with Crippen molar-refractivity contribution in [2.75, 3.05) is 6.61 Å². The third-order valence-corrected chi connectivity index (χ3v) is 8.33. The van der Waals surface area contributed by atoms with Crippen LogP contribution in [0.4, 0.5) is 0 Å². The molecule has 2 aliphatic rings. The van der Waals surface area contributed by atoms with E-state index < -0.39 is 5.97 Å². The number of ether oxygens (including phenoxy) is 1. The Hall–Kier alpha value is -3.06. The lowest BCUT2D eigenvalue weighted by Crippen LogP contribution is -2.18. The van der Waals surface area contributed by atoms with Gasteiger partial charge in [0.05, 0.1) is 21.3 Å². The molecule has 0 saturated heterocycles. The van der Waals surface area contributed by atoms with E-state index in [0.717, 1.165) is 30.4 Å². The largest absolute Gasteiger partial charge is 0.489 e. The van der Waals surface area contributed by atoms with Crippen LogP contribution in [0.5, 0.6) is 5.75 Å². The van der Waals surface area contributed by atoms with Gasteiger partial charge in [-0.2, -0.15) is 0 Å². The first-order valence-electron chi connectivity index (χ1n) is 12.2. The van der Waals surface area contributed by atoms with Crippen LogP contribution in [0.2, 0.25) is 15.1 Å². The number of carboxylic acid groups (broad SMARTS) is 1. The van der Waals surface area contributed by atoms with Gasteiger partial charge in [-0.1, -0.05) is 53.9 Å². The molecule has 6 nitrogen and oxygen atoms in total. The fourth-order valence-electron chi connectivity index (χ4n) is 4.91. The van der Waals surface area contributed by atoms with Crippen LogP contribution in [0.15, 0.2) is 60.3 Å². The molecule has 196 valence electrons. The predicted octanol–water partition coefficient (Wildman–Crippen LogP) is 6.91. The SMILES string of the molecule is CC1(c2ccc(OCC(C(=O)C3CC3)=C(N)c3c(Cl)cccc3Cl)cc2Cl)CC1c1ccnc(C(=O)O)c1. The molecule has 1 heterocycles. The second-order valence-corrected chi connectivity index (χ2v) is 11.2. The summed E-state index contributed by atoms with van der Waals surface area (Å²) in [5.41, 5.74) is 9.04. The molecule has 2 unspecified atom stereocenters. The standard InChI is InChI=1S/C29H25Cl3N2O4/c1-29(13-20(29)16-9-10-34-24(11-16)28(36)37)19-8-7-17(12-23(19)32)38-14-18(27(35)15-5-6-15)26(33)25-21(30)3-2-4-22(25)31/h2-4,7-12,15,20H,5-6,13-14,33H2,1H3,(H,36,37). The van der Waals surface area contributed by atoms with Gasteiger partial charge in [0.15, 0.2) is 5.78 Å². The highest BCUT2D eigenvalue weighted by molar-refractivity contribution is 6.37. The van der Waals surface area contributed by atoms with Gasteiger partial charge in [0, 0.05) is 28.1 Å². The van der Waals surface area contributed by atoms with Gasteiger partial charge in [-0.15, -0.1) is 0 Å². The first kappa shape index (κ1) is 26.5. The van der Waals surface area contributed by atoms with Crippen molar-refractivity contribution in [3.63, 3.8) is 0 Å². The van der Waals surface area contributed by atoms with Gasteiger partial charge in [0.25, 0.3) is 0 Å². The zero-order chi connectivity index (χ0) is 27.2. The Morgan fingerprint density at radius 2 is 1.79 bits per heavy atom. The molecule has 1 aromatic heterocycles. The number of aromatic nitrogens is 1. The number of benzene rings is 2. The number of carbonyl (C=O) groups is 2. The van der Waals surface area contributed by atoms with E-state index in [1.54, 1.807) is 30.3 Å². The minimum Gasteiger partial charge on any atom is -0.489 e. The summed E-state index contributed by atoms with van der Waals surface area (Å²) in [7, 11) is 0. The van der Waals surface area contributed by atoms with E-state index in [-0.39, 0.29) is 41.0 Å². The number of Topliss-reactive ketones (excluding diaryl/α,β-unsaturated/α-hetero) is 1. The molecule has 2 atom stereocenters. The van der Waals surface area contributed by atoms with Crippen molar-refractivity contribution in [3.05, 3.63) is 97.8 Å². The highest BCUT2D eigenvalue weighted by atomic mass is 35.5. The number of carboxylic acids is 1. The second kappa shape index (κ2) is 10.3. The molecular formula is C29H25Cl3N2O4. The van der Waals surface area contributed by atoms with Crippen LogP contribution in [0, 0.1) is 5.92 Å². The Morgan fingerprint density at radius 3 is 2.42 bits per heavy atom. The number of aromatic carboxylic acids is 1. The Kier molecular flexibility index (Phi) is 7.16. The summed E-state index contributed by atoms with van der Waals surface area (Å²) in [6, 6.07) is 14.0. The molecule has 2 fully saturated rings. The van der Waals surface area contributed by atoms with Crippen molar-refractivity contribution in [3.8, 4) is 5.75 Å². The average molecular weight is 572 g/mol. The summed E-state index contributed by atoms with van der Waals surface area (Å²) in [5, 5.41) is 10.5. The molecule has 2 aromatic carbocycles. The smallest absolute Gasteiger partial charge is 0.354 e. The number of carbonyl (C=O) groups excluding carboxylic acids is 1. The van der Waals surface area contributed by atoms with Crippen molar-refractivity contribution < 1.29 is 19.4 Å². The van der Waals surface area contributed by atoms with Crippen molar-refractivity contribution in [2.24, 2.45) is 11.7 Å². The van der Waals surface area contributed by atoms with E-state index in [1.807, 2.05) is 18.2 Å². The fraction of sp³-hybridized carbons (Fsp3) is 0.276. The quantitative estimate of drug-likeness (QED) is 0.271. The first-order chi connectivity index (χ1) is 18.1. The summed E-state index contributed by atoms with van der Waals surface area (Å²) < 4.78 is 6.01. The third-order valence-electron chi connectivity index (χ3n) is 7.38. The molecule has 0 aliphatic heterocycles. The fourth-order valence-corrected chi connectivity index (χ4v) is 5.90. The maximum atomic E-state index is 13.1. The van der Waals surface area contributed by atoms with E-state index in [4.69, 9.17) is 45.3 Å². The van der Waals surface area contributed by atoms with Crippen molar-refractivity contribution in [1.29, 1.82) is 0 Å². The zero-order valence-electron chi connectivity index (χ0n) is 20.5. The van der Waals surface area contributed by atoms with Gasteiger partial charge in [-0.3, -0.25) is 4.79 Å². The van der Waals surface area contributed by atoms with Crippen LogP contribution >= 0.6 is 34.8 Å². The third kappa shape index (κ3) is 5.13. The molecule has 0 radical (unpaired) electrons. The molecule has 2 saturated carbocycles. The number of nitrogens with zero attached hydrogens (tertiary/aromatic N) is 1. The molecule has 2 aliphatic carbocycles. The summed E-state index contributed by atoms with van der Waals surface area (Å²) in [5.74, 6) is -0.567. The summed E-state index contributed by atoms with van der Waals surface area (Å²) in [6.45, 7) is 2.05. The minimum atomic E-state index is -1.06. The maximum Gasteiger partial charge on any atom is 0.354 e. The van der Waals surface area contributed by atoms with Gasteiger partial charge in [-0.05, 0) is 72.7 Å². The molecule has 0 amide bonds. The lowest BCUT2D eigenvalue weighted by Gasteiger charge is -2.17. The first-order valence-corrected chi connectivity index (χ1v) is 13.3. The van der Waals surface area contributed by atoms with Gasteiger partial charge in [0.2, 0.25) is 0 Å². The Bertz CT molecular complexity index is 1460. The molecule has 0 spiro atoms. The Morgan fingerprint density at radius 1 is 1.08 bits per heavy atom. The van der Waals surface area contributed by atoms with Crippen LogP contribution < -0.4 is 10.5 Å². The van der Waals surface area contributed by atoms with E-state index >= 15 is 0 Å². The van der Waals surface area contributed by atoms with Crippen LogP contribution in [0.3, 0.4) is 0 Å². The number of pyridine rings is 1. The van der Waals surface area contributed by atoms with E-state index in [2.05, 4.69) is 11.9 Å². The Balaban J connectivity index is 1.37. The molecule has 5 rings (SSSR count). The van der Waals surface area contributed by atoms with Gasteiger partial charge in [-0.25, -0.2) is 9.78 Å². The zero-order valence-corrected chi connectivity index (χ0v) is 22.8.